The van der Waals surface area contributed by atoms with Gasteiger partial charge in [-0.25, -0.2) is 18.6 Å². The van der Waals surface area contributed by atoms with E-state index >= 15 is 0 Å². The van der Waals surface area contributed by atoms with Crippen molar-refractivity contribution in [1.29, 1.82) is 0 Å². The number of hydrogen-bond acceptors (Lipinski definition) is 6. The zero-order chi connectivity index (χ0) is 16.3. The Morgan fingerprint density at radius 1 is 0.773 bits per heavy atom. The van der Waals surface area contributed by atoms with Gasteiger partial charge in [0.25, 0.3) is 0 Å². The first-order valence-corrected chi connectivity index (χ1v) is 7.08. The lowest BCUT2D eigenvalue weighted by atomic mass is 10.1. The summed E-state index contributed by atoms with van der Waals surface area (Å²) < 4.78 is 35.5. The first-order valence-electron chi connectivity index (χ1n) is 5.85. The Morgan fingerprint density at radius 3 is 1.59 bits per heavy atom. The molecule has 1 aliphatic heterocycles. The van der Waals surface area contributed by atoms with E-state index in [4.69, 9.17) is 18.6 Å². The number of hydrogen-bond donors (Lipinski definition) is 0. The minimum absolute atomic E-state index is 0.290. The minimum atomic E-state index is -4.94. The lowest BCUT2D eigenvalue weighted by molar-refractivity contribution is -2.00. The van der Waals surface area contributed by atoms with Gasteiger partial charge in [0.05, 0.1) is 11.1 Å². The fourth-order valence-electron chi connectivity index (χ4n) is 1.91. The molecule has 1 aromatic heterocycles. The van der Waals surface area contributed by atoms with Crippen molar-refractivity contribution in [3.8, 4) is 0 Å². The predicted octanol–water partition coefficient (Wildman–Crippen LogP) is -3.85. The van der Waals surface area contributed by atoms with Gasteiger partial charge < -0.3 is 0 Å². The lowest BCUT2D eigenvalue weighted by Crippen LogP contribution is -2.68. The molecular formula is C13H9ClN2O6. The van der Waals surface area contributed by atoms with Gasteiger partial charge in [-0.3, -0.25) is 9.59 Å². The lowest BCUT2D eigenvalue weighted by Gasteiger charge is -2.17. The summed E-state index contributed by atoms with van der Waals surface area (Å²) in [6.07, 6.45) is 3.34. The van der Waals surface area contributed by atoms with E-state index in [1.165, 1.54) is 4.68 Å². The summed E-state index contributed by atoms with van der Waals surface area (Å²) in [5.41, 5.74) is 0.905. The number of carbonyl (C=O) groups is 2. The fraction of sp³-hybridized carbons (Fsp3) is 0. The third-order valence-corrected chi connectivity index (χ3v) is 2.70. The van der Waals surface area contributed by atoms with E-state index in [2.05, 4.69) is 0 Å². The first-order chi connectivity index (χ1) is 10.3. The van der Waals surface area contributed by atoms with E-state index in [1.54, 1.807) is 48.8 Å². The van der Waals surface area contributed by atoms with Crippen LogP contribution >= 0.6 is 0 Å². The molecule has 2 amide bonds. The molecule has 2 heterocycles. The summed E-state index contributed by atoms with van der Waals surface area (Å²) in [6.45, 7) is 0. The third kappa shape index (κ3) is 3.64. The normalized spacial score (nSPS) is 13.5. The summed E-state index contributed by atoms with van der Waals surface area (Å²) in [6, 6.07) is 12.2. The van der Waals surface area contributed by atoms with Gasteiger partial charge in [-0.05, 0) is 17.1 Å². The maximum atomic E-state index is 12.1. The number of aromatic nitrogens is 1. The minimum Gasteiger partial charge on any atom is -0.263 e. The Kier molecular flexibility index (Phi) is 4.50. The van der Waals surface area contributed by atoms with Gasteiger partial charge in [0, 0.05) is 12.1 Å². The molecule has 0 saturated carbocycles. The molecule has 0 unspecified atom stereocenters. The van der Waals surface area contributed by atoms with Gasteiger partial charge in [-0.1, -0.05) is 22.9 Å². The Bertz CT molecular complexity index is 660. The predicted molar refractivity (Wildman–Crippen MR) is 60.0 cm³/mol. The third-order valence-electron chi connectivity index (χ3n) is 2.70. The van der Waals surface area contributed by atoms with Crippen LogP contribution < -0.4 is 28.3 Å². The molecule has 0 bridgehead atoms. The molecule has 0 saturated heterocycles. The van der Waals surface area contributed by atoms with Crippen molar-refractivity contribution in [2.24, 2.45) is 0 Å². The first kappa shape index (κ1) is 16.0. The van der Waals surface area contributed by atoms with Crippen LogP contribution in [0, 0.1) is 10.2 Å². The van der Waals surface area contributed by atoms with Crippen molar-refractivity contribution in [3.05, 3.63) is 66.0 Å². The Balaban J connectivity index is 0.000000309. The maximum Gasteiger partial charge on any atom is 0.319 e. The largest absolute Gasteiger partial charge is 0.319 e. The highest BCUT2D eigenvalue weighted by atomic mass is 35.7. The van der Waals surface area contributed by atoms with E-state index < -0.39 is 10.2 Å². The number of imide groups is 1. The Labute approximate surface area is 126 Å². The van der Waals surface area contributed by atoms with Crippen LogP contribution in [0.2, 0.25) is 0 Å². The van der Waals surface area contributed by atoms with Crippen LogP contribution in [0.15, 0.2) is 54.9 Å². The molecule has 0 spiro atoms. The topological polar surface area (TPSA) is 134 Å². The number of rotatable bonds is 1. The van der Waals surface area contributed by atoms with Gasteiger partial charge in [0.2, 0.25) is 12.4 Å². The molecule has 9 heteroatoms. The molecule has 0 atom stereocenters. The van der Waals surface area contributed by atoms with E-state index in [9.17, 15) is 9.59 Å². The molecule has 22 heavy (non-hydrogen) atoms. The monoisotopic (exact) mass is 324 g/mol. The fourth-order valence-corrected chi connectivity index (χ4v) is 1.91. The van der Waals surface area contributed by atoms with E-state index in [0.29, 0.717) is 11.1 Å². The van der Waals surface area contributed by atoms with Crippen molar-refractivity contribution in [2.45, 2.75) is 0 Å². The highest BCUT2D eigenvalue weighted by Crippen LogP contribution is 2.18. The van der Waals surface area contributed by atoms with Crippen LogP contribution in [0.4, 0.5) is 0 Å². The van der Waals surface area contributed by atoms with Crippen LogP contribution in [-0.2, 0) is 0 Å². The van der Waals surface area contributed by atoms with Crippen LogP contribution in [0.3, 0.4) is 0 Å². The van der Waals surface area contributed by atoms with Crippen molar-refractivity contribution in [1.82, 2.24) is 0 Å². The zero-order valence-corrected chi connectivity index (χ0v) is 11.7. The summed E-state index contributed by atoms with van der Waals surface area (Å²) in [4.78, 5) is 24.2. The summed E-state index contributed by atoms with van der Waals surface area (Å²) in [5.74, 6) is -0.580. The molecular weight excluding hydrogens is 316 g/mol. The van der Waals surface area contributed by atoms with Crippen molar-refractivity contribution < 1.29 is 43.1 Å². The van der Waals surface area contributed by atoms with Gasteiger partial charge in [0.15, 0.2) is 0 Å². The molecule has 0 aliphatic carbocycles. The van der Waals surface area contributed by atoms with Gasteiger partial charge in [0.1, 0.15) is 0 Å². The highest BCUT2D eigenvalue weighted by Gasteiger charge is 2.41. The molecule has 8 nitrogen and oxygen atoms in total. The molecule has 1 aliphatic rings. The average molecular weight is 325 g/mol. The molecule has 114 valence electrons. The zero-order valence-electron chi connectivity index (χ0n) is 10.9. The number of pyridine rings is 1. The van der Waals surface area contributed by atoms with Crippen LogP contribution in [0.25, 0.3) is 0 Å². The number of carbonyl (C=O) groups excluding carboxylic acids is 2. The second kappa shape index (κ2) is 6.18. The highest BCUT2D eigenvalue weighted by molar-refractivity contribution is 6.29. The Hall–Kier alpha value is -2.36. The van der Waals surface area contributed by atoms with Gasteiger partial charge >= 0.3 is 11.8 Å². The molecule has 3 rings (SSSR count). The van der Waals surface area contributed by atoms with Gasteiger partial charge in [-0.2, -0.15) is 0 Å². The van der Waals surface area contributed by atoms with E-state index in [-0.39, 0.29) is 11.8 Å². The second-order valence-corrected chi connectivity index (χ2v) is 4.86. The van der Waals surface area contributed by atoms with Crippen LogP contribution in [-0.4, -0.2) is 11.8 Å². The average Bonchev–Trinajstić information content (AvgIpc) is 2.71. The standard InChI is InChI=1S/C13H9N2O2.ClHO4/c16-12-10-6-2-3-7-11(10)13(17)15(12)14-8-4-1-5-9-14;2-1(3,4)5/h1-9H;(H,2,3,4,5)/q+1;/p-1. The summed E-state index contributed by atoms with van der Waals surface area (Å²) >= 11 is 0. The SMILES string of the molecule is O=C1c2ccccc2C(=O)N1[n+]1ccccc1.[O-][Cl+3]([O-])([O-])[O-]. The second-order valence-electron chi connectivity index (χ2n) is 4.10. The summed E-state index contributed by atoms with van der Waals surface area (Å²) in [5, 5.41) is 1.13. The number of halogens is 1. The van der Waals surface area contributed by atoms with Crippen molar-refractivity contribution >= 4 is 11.8 Å². The van der Waals surface area contributed by atoms with Crippen molar-refractivity contribution in [2.75, 3.05) is 5.01 Å². The molecule has 1 aromatic carbocycles. The molecule has 0 N–H and O–H groups in total. The number of benzene rings is 1. The van der Waals surface area contributed by atoms with Crippen LogP contribution in [0.1, 0.15) is 20.7 Å². The van der Waals surface area contributed by atoms with E-state index in [0.717, 1.165) is 5.01 Å². The molecule has 0 radical (unpaired) electrons. The number of fused-ring (bicyclic) bond motifs is 1. The number of nitrogens with zero attached hydrogens (tertiary/aromatic N) is 2. The molecule has 2 aromatic rings. The maximum absolute atomic E-state index is 12.1. The van der Waals surface area contributed by atoms with Gasteiger partial charge in [-0.15, -0.1) is 10.2 Å². The quantitative estimate of drug-likeness (QED) is 0.389. The number of amides is 2. The van der Waals surface area contributed by atoms with E-state index in [1.807, 2.05) is 6.07 Å². The molecule has 0 fully saturated rings. The summed E-state index contributed by atoms with van der Waals surface area (Å²) in [7, 11) is -4.94. The van der Waals surface area contributed by atoms with Crippen molar-refractivity contribution in [3.63, 3.8) is 0 Å². The smallest absolute Gasteiger partial charge is 0.263 e. The van der Waals surface area contributed by atoms with Crippen LogP contribution in [0.5, 0.6) is 0 Å². The Morgan fingerprint density at radius 2 is 1.18 bits per heavy atom.